The molecule has 0 fully saturated rings. The summed E-state index contributed by atoms with van der Waals surface area (Å²) in [5.74, 6) is -2.16. The van der Waals surface area contributed by atoms with Crippen LogP contribution in [0.15, 0.2) is 36.4 Å². The third-order valence-corrected chi connectivity index (χ3v) is 2.81. The number of carbonyl (C=O) groups is 1. The first-order valence-corrected chi connectivity index (χ1v) is 6.06. The van der Waals surface area contributed by atoms with Gasteiger partial charge in [-0.2, -0.15) is 0 Å². The van der Waals surface area contributed by atoms with Crippen molar-refractivity contribution >= 4 is 11.7 Å². The van der Waals surface area contributed by atoms with Crippen molar-refractivity contribution in [3.8, 4) is 5.75 Å². The van der Waals surface area contributed by atoms with Gasteiger partial charge >= 0.3 is 5.97 Å². The van der Waals surface area contributed by atoms with Gasteiger partial charge in [0.2, 0.25) is 0 Å². The molecule has 2 rings (SSSR count). The predicted octanol–water partition coefficient (Wildman–Crippen LogP) is 2.91. The first kappa shape index (κ1) is 14.8. The Hall–Kier alpha value is -2.63. The molecule has 0 aromatic heterocycles. The van der Waals surface area contributed by atoms with Crippen LogP contribution in [-0.4, -0.2) is 13.1 Å². The summed E-state index contributed by atoms with van der Waals surface area (Å²) in [4.78, 5) is 11.8. The van der Waals surface area contributed by atoms with Gasteiger partial charge in [0.1, 0.15) is 24.0 Å². The fraction of sp³-hybridized carbons (Fsp3) is 0.133. The van der Waals surface area contributed by atoms with E-state index in [0.29, 0.717) is 11.3 Å². The van der Waals surface area contributed by atoms with Gasteiger partial charge in [0, 0.05) is 6.07 Å². The molecule has 0 aliphatic carbocycles. The van der Waals surface area contributed by atoms with Crippen molar-refractivity contribution in [3.63, 3.8) is 0 Å². The molecule has 0 aliphatic rings. The summed E-state index contributed by atoms with van der Waals surface area (Å²) < 4.78 is 36.8. The van der Waals surface area contributed by atoms with E-state index in [1.165, 1.54) is 7.11 Å². The fourth-order valence-corrected chi connectivity index (χ4v) is 1.71. The van der Waals surface area contributed by atoms with E-state index < -0.39 is 23.2 Å². The number of benzene rings is 2. The second-order valence-corrected chi connectivity index (χ2v) is 4.28. The van der Waals surface area contributed by atoms with Crippen LogP contribution in [0.3, 0.4) is 0 Å². The lowest BCUT2D eigenvalue weighted by atomic mass is 10.2. The molecule has 0 saturated heterocycles. The normalized spacial score (nSPS) is 10.2. The smallest absolute Gasteiger partial charge is 0.341 e. The Labute approximate surface area is 120 Å². The highest BCUT2D eigenvalue weighted by molar-refractivity contribution is 5.90. The number of hydrogen-bond acceptors (Lipinski definition) is 4. The van der Waals surface area contributed by atoms with Gasteiger partial charge in [-0.25, -0.2) is 13.6 Å². The van der Waals surface area contributed by atoms with Crippen LogP contribution in [0.4, 0.5) is 14.5 Å². The van der Waals surface area contributed by atoms with Crippen molar-refractivity contribution in [2.24, 2.45) is 0 Å². The molecule has 0 amide bonds. The quantitative estimate of drug-likeness (QED) is 0.695. The Morgan fingerprint density at radius 3 is 2.67 bits per heavy atom. The predicted molar refractivity (Wildman–Crippen MR) is 72.9 cm³/mol. The lowest BCUT2D eigenvalue weighted by Crippen LogP contribution is -2.09. The molecular weight excluding hydrogens is 280 g/mol. The van der Waals surface area contributed by atoms with Crippen LogP contribution in [-0.2, 0) is 11.3 Å². The molecule has 0 spiro atoms. The van der Waals surface area contributed by atoms with Crippen LogP contribution in [0.2, 0.25) is 0 Å². The maximum atomic E-state index is 13.6. The maximum absolute atomic E-state index is 13.6. The van der Waals surface area contributed by atoms with Crippen LogP contribution in [0.5, 0.6) is 5.75 Å². The Morgan fingerprint density at radius 1 is 1.19 bits per heavy atom. The van der Waals surface area contributed by atoms with Crippen molar-refractivity contribution in [2.75, 3.05) is 12.8 Å². The van der Waals surface area contributed by atoms with E-state index in [1.807, 2.05) is 0 Å². The van der Waals surface area contributed by atoms with Gasteiger partial charge in [-0.15, -0.1) is 0 Å². The minimum atomic E-state index is -0.964. The first-order valence-electron chi connectivity index (χ1n) is 6.06. The lowest BCUT2D eigenvalue weighted by Gasteiger charge is -2.08. The molecule has 0 heterocycles. The highest BCUT2D eigenvalue weighted by Gasteiger charge is 2.16. The van der Waals surface area contributed by atoms with E-state index in [4.69, 9.17) is 15.2 Å². The summed E-state index contributed by atoms with van der Waals surface area (Å²) >= 11 is 0. The second-order valence-electron chi connectivity index (χ2n) is 4.28. The topological polar surface area (TPSA) is 61.5 Å². The number of nitrogen functional groups attached to an aromatic ring is 1. The van der Waals surface area contributed by atoms with Crippen molar-refractivity contribution in [1.82, 2.24) is 0 Å². The fourth-order valence-electron chi connectivity index (χ4n) is 1.71. The number of methoxy groups -OCH3 is 1. The maximum Gasteiger partial charge on any atom is 0.341 e. The van der Waals surface area contributed by atoms with E-state index in [0.717, 1.165) is 12.1 Å². The minimum Gasteiger partial charge on any atom is -0.497 e. The number of rotatable bonds is 4. The Bertz CT molecular complexity index is 674. The standard InChI is InChI=1S/C15H13F2NO3/c1-20-10-4-2-3-9(5-10)8-21-15(19)11-6-13(17)14(18)7-12(11)16/h2-7H,8,18H2,1H3. The first-order chi connectivity index (χ1) is 10.0. The number of esters is 1. The number of carbonyl (C=O) groups excluding carboxylic acids is 1. The highest BCUT2D eigenvalue weighted by atomic mass is 19.1. The Kier molecular flexibility index (Phi) is 4.37. The van der Waals surface area contributed by atoms with E-state index in [2.05, 4.69) is 0 Å². The van der Waals surface area contributed by atoms with E-state index >= 15 is 0 Å². The summed E-state index contributed by atoms with van der Waals surface area (Å²) in [6, 6.07) is 8.32. The molecule has 2 aromatic carbocycles. The number of nitrogens with two attached hydrogens (primary N) is 1. The van der Waals surface area contributed by atoms with Crippen molar-refractivity contribution in [3.05, 3.63) is 59.2 Å². The molecule has 0 unspecified atom stereocenters. The summed E-state index contributed by atoms with van der Waals surface area (Å²) in [6.07, 6.45) is 0. The molecule has 110 valence electrons. The summed E-state index contributed by atoms with van der Waals surface area (Å²) in [7, 11) is 1.51. The molecule has 0 bridgehead atoms. The molecule has 21 heavy (non-hydrogen) atoms. The molecule has 0 atom stereocenters. The van der Waals surface area contributed by atoms with E-state index in [-0.39, 0.29) is 12.3 Å². The van der Waals surface area contributed by atoms with Crippen molar-refractivity contribution in [2.45, 2.75) is 6.61 Å². The van der Waals surface area contributed by atoms with Gasteiger partial charge in [0.15, 0.2) is 0 Å². The van der Waals surface area contributed by atoms with Gasteiger partial charge in [-0.3, -0.25) is 0 Å². The molecular formula is C15H13F2NO3. The zero-order valence-corrected chi connectivity index (χ0v) is 11.2. The third kappa shape index (κ3) is 3.47. The Balaban J connectivity index is 2.10. The average Bonchev–Trinajstić information content (AvgIpc) is 2.48. The third-order valence-electron chi connectivity index (χ3n) is 2.81. The molecule has 0 aliphatic heterocycles. The zero-order chi connectivity index (χ0) is 15.4. The van der Waals surface area contributed by atoms with Crippen LogP contribution < -0.4 is 10.5 Å². The molecule has 2 N–H and O–H groups in total. The number of halogens is 2. The number of ether oxygens (including phenoxy) is 2. The summed E-state index contributed by atoms with van der Waals surface area (Å²) in [5.41, 5.74) is 5.01. The van der Waals surface area contributed by atoms with Gasteiger partial charge in [-0.05, 0) is 23.8 Å². The molecule has 4 nitrogen and oxygen atoms in total. The lowest BCUT2D eigenvalue weighted by molar-refractivity contribution is 0.0466. The van der Waals surface area contributed by atoms with Gasteiger partial charge in [0.05, 0.1) is 18.4 Å². The number of hydrogen-bond donors (Lipinski definition) is 1. The van der Waals surface area contributed by atoms with Gasteiger partial charge in [-0.1, -0.05) is 12.1 Å². The monoisotopic (exact) mass is 293 g/mol. The van der Waals surface area contributed by atoms with Gasteiger partial charge < -0.3 is 15.2 Å². The van der Waals surface area contributed by atoms with Gasteiger partial charge in [0.25, 0.3) is 0 Å². The largest absolute Gasteiger partial charge is 0.497 e. The molecule has 2 aromatic rings. The van der Waals surface area contributed by atoms with Crippen LogP contribution in [0, 0.1) is 11.6 Å². The second kappa shape index (κ2) is 6.21. The highest BCUT2D eigenvalue weighted by Crippen LogP contribution is 2.18. The molecule has 6 heteroatoms. The van der Waals surface area contributed by atoms with Crippen LogP contribution in [0.1, 0.15) is 15.9 Å². The van der Waals surface area contributed by atoms with E-state index in [9.17, 15) is 13.6 Å². The summed E-state index contributed by atoms with van der Waals surface area (Å²) in [5, 5.41) is 0. The summed E-state index contributed by atoms with van der Waals surface area (Å²) in [6.45, 7) is -0.0819. The van der Waals surface area contributed by atoms with Crippen LogP contribution >= 0.6 is 0 Å². The SMILES string of the molecule is COc1cccc(COC(=O)c2cc(F)c(N)cc2F)c1. The number of anilines is 1. The average molecular weight is 293 g/mol. The molecule has 0 saturated carbocycles. The van der Waals surface area contributed by atoms with Crippen molar-refractivity contribution < 1.29 is 23.0 Å². The zero-order valence-electron chi connectivity index (χ0n) is 11.2. The molecule has 0 radical (unpaired) electrons. The van der Waals surface area contributed by atoms with Crippen molar-refractivity contribution in [1.29, 1.82) is 0 Å². The van der Waals surface area contributed by atoms with E-state index in [1.54, 1.807) is 24.3 Å². The Morgan fingerprint density at radius 2 is 1.95 bits per heavy atom. The minimum absolute atomic E-state index is 0.0819. The van der Waals surface area contributed by atoms with Crippen LogP contribution in [0.25, 0.3) is 0 Å².